The zero-order chi connectivity index (χ0) is 17.5. The van der Waals surface area contributed by atoms with Gasteiger partial charge in [-0.15, -0.1) is 0 Å². The lowest BCUT2D eigenvalue weighted by Crippen LogP contribution is -2.40. The van der Waals surface area contributed by atoms with E-state index in [2.05, 4.69) is 22.3 Å². The first-order valence-corrected chi connectivity index (χ1v) is 9.54. The molecule has 0 saturated carbocycles. The third-order valence-electron chi connectivity index (χ3n) is 5.27. The van der Waals surface area contributed by atoms with E-state index in [1.54, 1.807) is 0 Å². The van der Waals surface area contributed by atoms with Crippen LogP contribution in [0.15, 0.2) is 30.3 Å². The maximum atomic E-state index is 12.3. The number of nitrogens with one attached hydrogen (secondary N) is 1. The van der Waals surface area contributed by atoms with Gasteiger partial charge in [-0.05, 0) is 37.9 Å². The van der Waals surface area contributed by atoms with E-state index in [4.69, 9.17) is 0 Å². The Morgan fingerprint density at radius 2 is 1.84 bits per heavy atom. The Morgan fingerprint density at radius 1 is 1.08 bits per heavy atom. The van der Waals surface area contributed by atoms with Crippen molar-refractivity contribution in [3.05, 3.63) is 35.9 Å². The van der Waals surface area contributed by atoms with Crippen molar-refractivity contribution in [3.63, 3.8) is 0 Å². The van der Waals surface area contributed by atoms with Crippen molar-refractivity contribution < 1.29 is 9.59 Å². The molecule has 0 spiro atoms. The molecule has 2 amide bonds. The number of carbonyl (C=O) groups is 2. The monoisotopic (exact) mass is 343 g/mol. The largest absolute Gasteiger partial charge is 0.355 e. The molecule has 2 aliphatic rings. The topological polar surface area (TPSA) is 52.7 Å². The molecular formula is C20H29N3O2. The number of hydrogen-bond acceptors (Lipinski definition) is 3. The van der Waals surface area contributed by atoms with Gasteiger partial charge in [-0.1, -0.05) is 36.8 Å². The minimum absolute atomic E-state index is 0.0348. The summed E-state index contributed by atoms with van der Waals surface area (Å²) in [5, 5.41) is 3.03. The zero-order valence-electron chi connectivity index (χ0n) is 15.0. The molecule has 0 bridgehead atoms. The van der Waals surface area contributed by atoms with Crippen LogP contribution in [-0.4, -0.2) is 60.9 Å². The second-order valence-corrected chi connectivity index (χ2v) is 7.17. The summed E-state index contributed by atoms with van der Waals surface area (Å²) < 4.78 is 0. The van der Waals surface area contributed by atoms with Crippen LogP contribution in [0.4, 0.5) is 0 Å². The molecule has 1 aromatic rings. The fourth-order valence-corrected chi connectivity index (χ4v) is 3.74. The molecule has 25 heavy (non-hydrogen) atoms. The third kappa shape index (κ3) is 5.30. The molecule has 5 nitrogen and oxygen atoms in total. The van der Waals surface area contributed by atoms with Gasteiger partial charge < -0.3 is 15.1 Å². The van der Waals surface area contributed by atoms with Crippen LogP contribution >= 0.6 is 0 Å². The highest BCUT2D eigenvalue weighted by atomic mass is 16.2. The van der Waals surface area contributed by atoms with Gasteiger partial charge in [0.25, 0.3) is 0 Å². The Labute approximate surface area is 150 Å². The van der Waals surface area contributed by atoms with Gasteiger partial charge >= 0.3 is 0 Å². The minimum atomic E-state index is -0.190. The summed E-state index contributed by atoms with van der Waals surface area (Å²) in [6.45, 7) is 5.15. The second kappa shape index (κ2) is 8.99. The molecular weight excluding hydrogens is 314 g/mol. The quantitative estimate of drug-likeness (QED) is 0.819. The Bertz CT molecular complexity index is 570. The van der Waals surface area contributed by atoms with E-state index in [1.807, 2.05) is 23.1 Å². The Kier molecular flexibility index (Phi) is 6.45. The summed E-state index contributed by atoms with van der Waals surface area (Å²) in [6, 6.07) is 10.2. The van der Waals surface area contributed by atoms with Crippen molar-refractivity contribution in [3.8, 4) is 0 Å². The summed E-state index contributed by atoms with van der Waals surface area (Å²) >= 11 is 0. The van der Waals surface area contributed by atoms with Crippen LogP contribution in [0.2, 0.25) is 0 Å². The highest BCUT2D eigenvalue weighted by molar-refractivity contribution is 5.89. The number of hydrogen-bond donors (Lipinski definition) is 1. The van der Waals surface area contributed by atoms with Gasteiger partial charge in [0.2, 0.25) is 11.8 Å². The normalized spacial score (nSPS) is 21.5. The average Bonchev–Trinajstić information content (AvgIpc) is 3.02. The summed E-state index contributed by atoms with van der Waals surface area (Å²) in [6.07, 6.45) is 5.05. The Morgan fingerprint density at radius 3 is 2.60 bits per heavy atom. The van der Waals surface area contributed by atoms with E-state index in [-0.39, 0.29) is 17.7 Å². The maximum Gasteiger partial charge on any atom is 0.225 e. The molecule has 2 saturated heterocycles. The molecule has 5 heteroatoms. The summed E-state index contributed by atoms with van der Waals surface area (Å²) in [5.74, 6) is -0.0516. The van der Waals surface area contributed by atoms with Gasteiger partial charge in [0.15, 0.2) is 0 Å². The van der Waals surface area contributed by atoms with Gasteiger partial charge in [-0.2, -0.15) is 0 Å². The van der Waals surface area contributed by atoms with Crippen molar-refractivity contribution in [1.82, 2.24) is 15.1 Å². The molecule has 2 fully saturated rings. The van der Waals surface area contributed by atoms with E-state index >= 15 is 0 Å². The van der Waals surface area contributed by atoms with E-state index < -0.39 is 0 Å². The van der Waals surface area contributed by atoms with Crippen molar-refractivity contribution in [2.75, 3.05) is 39.3 Å². The van der Waals surface area contributed by atoms with Crippen LogP contribution < -0.4 is 5.32 Å². The van der Waals surface area contributed by atoms with Crippen LogP contribution in [0.25, 0.3) is 0 Å². The number of carbonyl (C=O) groups excluding carboxylic acids is 2. The third-order valence-corrected chi connectivity index (χ3v) is 5.27. The lowest BCUT2D eigenvalue weighted by molar-refractivity contribution is -0.129. The molecule has 2 heterocycles. The van der Waals surface area contributed by atoms with Crippen LogP contribution in [-0.2, 0) is 16.0 Å². The first-order chi connectivity index (χ1) is 12.2. The average molecular weight is 343 g/mol. The Hall–Kier alpha value is -1.88. The molecule has 1 atom stereocenters. The smallest absolute Gasteiger partial charge is 0.225 e. The Balaban J connectivity index is 1.38. The number of rotatable bonds is 7. The van der Waals surface area contributed by atoms with Gasteiger partial charge in [-0.3, -0.25) is 9.59 Å². The molecule has 0 unspecified atom stereocenters. The maximum absolute atomic E-state index is 12.3. The minimum Gasteiger partial charge on any atom is -0.355 e. The predicted molar refractivity (Wildman–Crippen MR) is 98.1 cm³/mol. The molecule has 2 aliphatic heterocycles. The van der Waals surface area contributed by atoms with E-state index in [9.17, 15) is 9.59 Å². The summed E-state index contributed by atoms with van der Waals surface area (Å²) in [5.41, 5.74) is 1.23. The van der Waals surface area contributed by atoms with Gasteiger partial charge in [0.05, 0.1) is 5.92 Å². The fraction of sp³-hybridized carbons (Fsp3) is 0.600. The number of nitrogens with zero attached hydrogens (tertiary/aromatic N) is 2. The van der Waals surface area contributed by atoms with Crippen molar-refractivity contribution in [1.29, 1.82) is 0 Å². The lowest BCUT2D eigenvalue weighted by Gasteiger charge is -2.26. The van der Waals surface area contributed by atoms with Crippen molar-refractivity contribution in [2.45, 2.75) is 32.1 Å². The van der Waals surface area contributed by atoms with Crippen LogP contribution in [0, 0.1) is 5.92 Å². The highest BCUT2D eigenvalue weighted by Gasteiger charge is 2.33. The molecule has 0 radical (unpaired) electrons. The summed E-state index contributed by atoms with van der Waals surface area (Å²) in [7, 11) is 0. The molecule has 0 aliphatic carbocycles. The van der Waals surface area contributed by atoms with Gasteiger partial charge in [0.1, 0.15) is 0 Å². The van der Waals surface area contributed by atoms with E-state index in [0.29, 0.717) is 26.1 Å². The molecule has 1 aromatic carbocycles. The van der Waals surface area contributed by atoms with Crippen molar-refractivity contribution in [2.24, 2.45) is 5.92 Å². The number of benzene rings is 1. The second-order valence-electron chi connectivity index (χ2n) is 7.17. The van der Waals surface area contributed by atoms with E-state index in [1.165, 1.54) is 24.8 Å². The summed E-state index contributed by atoms with van der Waals surface area (Å²) in [4.78, 5) is 28.8. The highest BCUT2D eigenvalue weighted by Crippen LogP contribution is 2.18. The number of piperidine rings is 1. The molecule has 1 N–H and O–H groups in total. The number of likely N-dealkylation sites (tertiary alicyclic amines) is 2. The molecule has 3 rings (SSSR count). The zero-order valence-corrected chi connectivity index (χ0v) is 15.0. The predicted octanol–water partition coefficient (Wildman–Crippen LogP) is 1.68. The first-order valence-electron chi connectivity index (χ1n) is 9.54. The SMILES string of the molecule is O=C(NCCN1CCCCC1)[C@H]1CC(=O)N(CCc2ccccc2)C1. The fourth-order valence-electron chi connectivity index (χ4n) is 3.74. The van der Waals surface area contributed by atoms with Crippen LogP contribution in [0.5, 0.6) is 0 Å². The molecule has 136 valence electrons. The van der Waals surface area contributed by atoms with E-state index in [0.717, 1.165) is 26.1 Å². The van der Waals surface area contributed by atoms with Crippen molar-refractivity contribution >= 4 is 11.8 Å². The lowest BCUT2D eigenvalue weighted by atomic mass is 10.1. The van der Waals surface area contributed by atoms with Crippen LogP contribution in [0.1, 0.15) is 31.2 Å². The van der Waals surface area contributed by atoms with Gasteiger partial charge in [0, 0.05) is 32.6 Å². The molecule has 0 aromatic heterocycles. The number of amides is 2. The van der Waals surface area contributed by atoms with Crippen LogP contribution in [0.3, 0.4) is 0 Å². The van der Waals surface area contributed by atoms with Gasteiger partial charge in [-0.25, -0.2) is 0 Å². The standard InChI is InChI=1S/C20H29N3O2/c24-19-15-18(16-23(19)13-9-17-7-3-1-4-8-17)20(25)21-10-14-22-11-5-2-6-12-22/h1,3-4,7-8,18H,2,5-6,9-16H2,(H,21,25)/t18-/m0/s1. The first kappa shape index (κ1) is 17.9.